The first-order chi connectivity index (χ1) is 4.75. The molecule has 0 unspecified atom stereocenters. The van der Waals surface area contributed by atoms with Crippen molar-refractivity contribution in [2.45, 2.75) is 0 Å². The van der Waals surface area contributed by atoms with E-state index in [9.17, 15) is 4.79 Å². The Morgan fingerprint density at radius 1 is 1.80 bits per heavy atom. The van der Waals surface area contributed by atoms with Crippen molar-refractivity contribution >= 4 is 5.97 Å². The molecule has 0 atom stereocenters. The van der Waals surface area contributed by atoms with E-state index in [1.54, 1.807) is 0 Å². The minimum Gasteiger partial charge on any atom is -0.468 e. The molecule has 0 aromatic carbocycles. The van der Waals surface area contributed by atoms with Gasteiger partial charge in [-0.25, -0.2) is 0 Å². The number of carbonyl (C=O) groups excluding carboxylic acids is 1. The SMILES string of the molecule is COC(=O)C1(CO)COC1. The van der Waals surface area contributed by atoms with E-state index >= 15 is 0 Å². The van der Waals surface area contributed by atoms with Crippen molar-refractivity contribution in [3.05, 3.63) is 0 Å². The maximum absolute atomic E-state index is 10.9. The van der Waals surface area contributed by atoms with Gasteiger partial charge in [0, 0.05) is 0 Å². The average molecular weight is 146 g/mol. The van der Waals surface area contributed by atoms with Crippen molar-refractivity contribution in [1.29, 1.82) is 0 Å². The fraction of sp³-hybridized carbons (Fsp3) is 0.833. The summed E-state index contributed by atoms with van der Waals surface area (Å²) in [6.45, 7) is 0.353. The van der Waals surface area contributed by atoms with Gasteiger partial charge >= 0.3 is 5.97 Å². The number of rotatable bonds is 2. The van der Waals surface area contributed by atoms with Crippen LogP contribution in [0, 0.1) is 5.41 Å². The van der Waals surface area contributed by atoms with Crippen LogP contribution in [0.2, 0.25) is 0 Å². The van der Waals surface area contributed by atoms with Crippen LogP contribution in [0.3, 0.4) is 0 Å². The Morgan fingerprint density at radius 2 is 2.40 bits per heavy atom. The first-order valence-electron chi connectivity index (χ1n) is 3.02. The minimum atomic E-state index is -0.755. The highest BCUT2D eigenvalue weighted by molar-refractivity contribution is 5.78. The molecule has 1 fully saturated rings. The zero-order valence-corrected chi connectivity index (χ0v) is 5.79. The summed E-state index contributed by atoms with van der Waals surface area (Å²) < 4.78 is 9.26. The van der Waals surface area contributed by atoms with E-state index in [-0.39, 0.29) is 25.8 Å². The Kier molecular flexibility index (Phi) is 1.92. The highest BCUT2D eigenvalue weighted by Crippen LogP contribution is 2.27. The fourth-order valence-corrected chi connectivity index (χ4v) is 0.839. The summed E-state index contributed by atoms with van der Waals surface area (Å²) >= 11 is 0. The number of ether oxygens (including phenoxy) is 2. The zero-order chi connectivity index (χ0) is 7.61. The van der Waals surface area contributed by atoms with E-state index < -0.39 is 5.41 Å². The van der Waals surface area contributed by atoms with Crippen molar-refractivity contribution < 1.29 is 19.4 Å². The lowest BCUT2D eigenvalue weighted by Gasteiger charge is -2.36. The standard InChI is InChI=1S/C6H10O4/c1-9-5(8)6(2-7)3-10-4-6/h7H,2-4H2,1H3. The molecule has 0 saturated carbocycles. The molecular weight excluding hydrogens is 136 g/mol. The minimum absolute atomic E-state index is 0.195. The second-order valence-corrected chi connectivity index (χ2v) is 2.42. The molecule has 0 bridgehead atoms. The van der Waals surface area contributed by atoms with E-state index in [4.69, 9.17) is 9.84 Å². The van der Waals surface area contributed by atoms with Gasteiger partial charge in [-0.15, -0.1) is 0 Å². The number of aliphatic hydroxyl groups is 1. The van der Waals surface area contributed by atoms with Gasteiger partial charge in [0.2, 0.25) is 0 Å². The van der Waals surface area contributed by atoms with E-state index in [1.165, 1.54) is 7.11 Å². The average Bonchev–Trinajstić information content (AvgIpc) is 1.86. The Hall–Kier alpha value is -0.610. The van der Waals surface area contributed by atoms with Gasteiger partial charge in [0.15, 0.2) is 0 Å². The third kappa shape index (κ3) is 0.892. The number of aliphatic hydroxyl groups excluding tert-OH is 1. The molecule has 0 spiro atoms. The van der Waals surface area contributed by atoms with Crippen molar-refractivity contribution in [1.82, 2.24) is 0 Å². The van der Waals surface area contributed by atoms with Crippen LogP contribution in [-0.2, 0) is 14.3 Å². The number of hydrogen-bond acceptors (Lipinski definition) is 4. The molecule has 1 N–H and O–H groups in total. The lowest BCUT2D eigenvalue weighted by atomic mass is 9.87. The van der Waals surface area contributed by atoms with Crippen molar-refractivity contribution in [3.63, 3.8) is 0 Å². The molecular formula is C6H10O4. The van der Waals surface area contributed by atoms with Crippen LogP contribution in [-0.4, -0.2) is 38.0 Å². The third-order valence-electron chi connectivity index (χ3n) is 1.68. The lowest BCUT2D eigenvalue weighted by Crippen LogP contribution is -2.52. The van der Waals surface area contributed by atoms with Crippen LogP contribution in [0.15, 0.2) is 0 Å². The molecule has 1 saturated heterocycles. The highest BCUT2D eigenvalue weighted by atomic mass is 16.5. The fourth-order valence-electron chi connectivity index (χ4n) is 0.839. The number of esters is 1. The molecule has 4 heteroatoms. The Balaban J connectivity index is 2.55. The quantitative estimate of drug-likeness (QED) is 0.516. The topological polar surface area (TPSA) is 55.8 Å². The highest BCUT2D eigenvalue weighted by Gasteiger charge is 2.46. The molecule has 1 heterocycles. The van der Waals surface area contributed by atoms with Gasteiger partial charge < -0.3 is 14.6 Å². The molecule has 0 radical (unpaired) electrons. The molecule has 1 rings (SSSR count). The summed E-state index contributed by atoms with van der Waals surface area (Å²) in [7, 11) is 1.30. The van der Waals surface area contributed by atoms with Gasteiger partial charge in [0.1, 0.15) is 5.41 Å². The molecule has 1 aliphatic rings. The third-order valence-corrected chi connectivity index (χ3v) is 1.68. The van der Waals surface area contributed by atoms with Gasteiger partial charge in [-0.3, -0.25) is 4.79 Å². The Bertz CT molecular complexity index is 133. The molecule has 0 amide bonds. The predicted molar refractivity (Wildman–Crippen MR) is 32.4 cm³/mol. The smallest absolute Gasteiger partial charge is 0.318 e. The molecule has 0 aliphatic carbocycles. The van der Waals surface area contributed by atoms with Crippen LogP contribution in [0.25, 0.3) is 0 Å². The number of hydrogen-bond donors (Lipinski definition) is 1. The first-order valence-corrected chi connectivity index (χ1v) is 3.02. The van der Waals surface area contributed by atoms with Crippen molar-refractivity contribution in [2.75, 3.05) is 26.9 Å². The maximum atomic E-state index is 10.9. The van der Waals surface area contributed by atoms with E-state index in [1.807, 2.05) is 0 Å². The van der Waals surface area contributed by atoms with E-state index in [2.05, 4.69) is 4.74 Å². The summed E-state index contributed by atoms with van der Waals surface area (Å²) in [5.74, 6) is -0.388. The van der Waals surface area contributed by atoms with Crippen LogP contribution in [0.4, 0.5) is 0 Å². The number of methoxy groups -OCH3 is 1. The molecule has 1 aliphatic heterocycles. The molecule has 58 valence electrons. The summed E-state index contributed by atoms with van der Waals surface area (Å²) in [4.78, 5) is 10.9. The van der Waals surface area contributed by atoms with Gasteiger partial charge in [0.25, 0.3) is 0 Å². The van der Waals surface area contributed by atoms with E-state index in [0.717, 1.165) is 0 Å². The van der Waals surface area contributed by atoms with Crippen LogP contribution < -0.4 is 0 Å². The maximum Gasteiger partial charge on any atom is 0.318 e. The predicted octanol–water partition coefficient (Wildman–Crippen LogP) is -0.832. The molecule has 0 aromatic rings. The lowest BCUT2D eigenvalue weighted by molar-refractivity contribution is -0.190. The van der Waals surface area contributed by atoms with Gasteiger partial charge in [-0.05, 0) is 0 Å². The van der Waals surface area contributed by atoms with E-state index in [0.29, 0.717) is 0 Å². The molecule has 4 nitrogen and oxygen atoms in total. The van der Waals surface area contributed by atoms with Gasteiger partial charge in [-0.1, -0.05) is 0 Å². The monoisotopic (exact) mass is 146 g/mol. The van der Waals surface area contributed by atoms with Gasteiger partial charge in [-0.2, -0.15) is 0 Å². The molecule has 0 aromatic heterocycles. The summed E-state index contributed by atoms with van der Waals surface area (Å²) in [6, 6.07) is 0. The summed E-state index contributed by atoms with van der Waals surface area (Å²) in [6.07, 6.45) is 0. The Labute approximate surface area is 58.7 Å². The second kappa shape index (κ2) is 2.56. The second-order valence-electron chi connectivity index (χ2n) is 2.42. The zero-order valence-electron chi connectivity index (χ0n) is 5.79. The van der Waals surface area contributed by atoms with Crippen LogP contribution in [0.5, 0.6) is 0 Å². The normalized spacial score (nSPS) is 21.4. The van der Waals surface area contributed by atoms with Crippen molar-refractivity contribution in [2.24, 2.45) is 5.41 Å². The van der Waals surface area contributed by atoms with Crippen LogP contribution >= 0.6 is 0 Å². The van der Waals surface area contributed by atoms with Crippen LogP contribution in [0.1, 0.15) is 0 Å². The number of carbonyl (C=O) groups is 1. The van der Waals surface area contributed by atoms with Gasteiger partial charge in [0.05, 0.1) is 26.9 Å². The Morgan fingerprint density at radius 3 is 2.50 bits per heavy atom. The van der Waals surface area contributed by atoms with Crippen molar-refractivity contribution in [3.8, 4) is 0 Å². The molecule has 10 heavy (non-hydrogen) atoms. The first kappa shape index (κ1) is 7.50. The largest absolute Gasteiger partial charge is 0.468 e. The summed E-state index contributed by atoms with van der Waals surface area (Å²) in [5.41, 5.74) is -0.755. The summed E-state index contributed by atoms with van der Waals surface area (Å²) in [5, 5.41) is 8.76.